The van der Waals surface area contributed by atoms with E-state index in [4.69, 9.17) is 4.74 Å². The summed E-state index contributed by atoms with van der Waals surface area (Å²) < 4.78 is 44.1. The van der Waals surface area contributed by atoms with Gasteiger partial charge in [0, 0.05) is 11.1 Å². The zero-order valence-corrected chi connectivity index (χ0v) is 16.6. The number of alkyl halides is 3. The van der Waals surface area contributed by atoms with Crippen LogP contribution in [0.25, 0.3) is 0 Å². The van der Waals surface area contributed by atoms with E-state index in [0.29, 0.717) is 24.8 Å². The van der Waals surface area contributed by atoms with Crippen LogP contribution in [0.2, 0.25) is 0 Å². The zero-order chi connectivity index (χ0) is 21.1. The molecule has 0 aromatic heterocycles. The predicted octanol–water partition coefficient (Wildman–Crippen LogP) is 4.44. The number of hydrogen-bond donors (Lipinski definition) is 2. The SMILES string of the molecule is CCc1cc(C(F)(F)F)ccc1C(=O)NC1CCCC1OC(=O)NC(C)(C)C. The fraction of sp³-hybridized carbons (Fsp3) is 0.600. The number of rotatable bonds is 4. The topological polar surface area (TPSA) is 67.4 Å². The van der Waals surface area contributed by atoms with E-state index in [1.54, 1.807) is 6.92 Å². The number of halogens is 3. The van der Waals surface area contributed by atoms with Crippen molar-refractivity contribution in [2.24, 2.45) is 0 Å². The van der Waals surface area contributed by atoms with Gasteiger partial charge in [-0.15, -0.1) is 0 Å². The molecule has 2 amide bonds. The van der Waals surface area contributed by atoms with E-state index in [2.05, 4.69) is 10.6 Å². The number of carbonyl (C=O) groups excluding carboxylic acids is 2. The van der Waals surface area contributed by atoms with Crippen LogP contribution in [0.5, 0.6) is 0 Å². The minimum absolute atomic E-state index is 0.209. The molecule has 0 radical (unpaired) electrons. The second kappa shape index (κ2) is 8.41. The van der Waals surface area contributed by atoms with Crippen LogP contribution >= 0.6 is 0 Å². The normalized spacial score (nSPS) is 20.0. The molecule has 1 fully saturated rings. The Kier molecular flexibility index (Phi) is 6.62. The summed E-state index contributed by atoms with van der Waals surface area (Å²) in [4.78, 5) is 24.6. The highest BCUT2D eigenvalue weighted by Gasteiger charge is 2.34. The van der Waals surface area contributed by atoms with E-state index in [9.17, 15) is 22.8 Å². The highest BCUT2D eigenvalue weighted by Crippen LogP contribution is 2.31. The lowest BCUT2D eigenvalue weighted by Crippen LogP contribution is -2.46. The summed E-state index contributed by atoms with van der Waals surface area (Å²) in [5.74, 6) is -0.456. The minimum Gasteiger partial charge on any atom is -0.444 e. The first-order chi connectivity index (χ1) is 12.9. The quantitative estimate of drug-likeness (QED) is 0.785. The Morgan fingerprint density at radius 2 is 1.86 bits per heavy atom. The first-order valence-corrected chi connectivity index (χ1v) is 9.40. The van der Waals surface area contributed by atoms with Crippen LogP contribution in [0.1, 0.15) is 68.4 Å². The van der Waals surface area contributed by atoms with Crippen LogP contribution in [0.3, 0.4) is 0 Å². The number of alkyl carbamates (subject to hydrolysis) is 1. The predicted molar refractivity (Wildman–Crippen MR) is 99.1 cm³/mol. The summed E-state index contributed by atoms with van der Waals surface area (Å²) in [7, 11) is 0. The Labute approximate surface area is 163 Å². The molecule has 1 aromatic rings. The molecule has 2 rings (SSSR count). The highest BCUT2D eigenvalue weighted by atomic mass is 19.4. The van der Waals surface area contributed by atoms with Crippen LogP contribution in [-0.4, -0.2) is 29.7 Å². The Morgan fingerprint density at radius 1 is 1.18 bits per heavy atom. The van der Waals surface area contributed by atoms with E-state index in [-0.39, 0.29) is 11.6 Å². The molecule has 28 heavy (non-hydrogen) atoms. The fourth-order valence-corrected chi connectivity index (χ4v) is 3.24. The van der Waals surface area contributed by atoms with Gasteiger partial charge < -0.3 is 15.4 Å². The number of carbonyl (C=O) groups is 2. The van der Waals surface area contributed by atoms with Gasteiger partial charge in [0.05, 0.1) is 11.6 Å². The van der Waals surface area contributed by atoms with Gasteiger partial charge in [-0.05, 0) is 70.2 Å². The maximum atomic E-state index is 12.9. The van der Waals surface area contributed by atoms with Crippen LogP contribution in [0, 0.1) is 0 Å². The van der Waals surface area contributed by atoms with Gasteiger partial charge in [0.1, 0.15) is 6.10 Å². The third kappa shape index (κ3) is 5.87. The van der Waals surface area contributed by atoms with E-state index >= 15 is 0 Å². The van der Waals surface area contributed by atoms with Crippen molar-refractivity contribution in [3.8, 4) is 0 Å². The van der Waals surface area contributed by atoms with Crippen LogP contribution < -0.4 is 10.6 Å². The van der Waals surface area contributed by atoms with Crippen molar-refractivity contribution in [1.82, 2.24) is 10.6 Å². The van der Waals surface area contributed by atoms with Crippen molar-refractivity contribution in [2.45, 2.75) is 77.2 Å². The molecule has 156 valence electrons. The number of benzene rings is 1. The minimum atomic E-state index is -4.45. The van der Waals surface area contributed by atoms with Crippen LogP contribution in [0.15, 0.2) is 18.2 Å². The summed E-state index contributed by atoms with van der Waals surface area (Å²) in [6.45, 7) is 7.20. The maximum absolute atomic E-state index is 12.9. The molecule has 1 saturated carbocycles. The third-order valence-corrected chi connectivity index (χ3v) is 4.56. The Hall–Kier alpha value is -2.25. The molecule has 0 bridgehead atoms. The lowest BCUT2D eigenvalue weighted by Gasteiger charge is -2.25. The van der Waals surface area contributed by atoms with Crippen LogP contribution in [-0.2, 0) is 17.3 Å². The van der Waals surface area contributed by atoms with Gasteiger partial charge in [-0.25, -0.2) is 4.79 Å². The molecular weight excluding hydrogens is 373 g/mol. The first kappa shape index (κ1) is 22.0. The average molecular weight is 400 g/mol. The summed E-state index contributed by atoms with van der Waals surface area (Å²) in [5.41, 5.74) is -0.680. The molecule has 1 aromatic carbocycles. The standard InChI is InChI=1S/C20H27F3N2O3/c1-5-12-11-13(20(21,22)23)9-10-14(12)17(26)24-15-7-6-8-16(15)28-18(27)25-19(2,3)4/h9-11,15-16H,5-8H2,1-4H3,(H,24,26)(H,25,27). The van der Waals surface area contributed by atoms with Gasteiger partial charge in [-0.2, -0.15) is 13.2 Å². The van der Waals surface area contributed by atoms with Crippen molar-refractivity contribution in [3.05, 3.63) is 34.9 Å². The Bertz CT molecular complexity index is 726. The number of nitrogens with one attached hydrogen (secondary N) is 2. The summed E-state index contributed by atoms with van der Waals surface area (Å²) in [5, 5.41) is 5.53. The highest BCUT2D eigenvalue weighted by molar-refractivity contribution is 5.96. The van der Waals surface area contributed by atoms with Crippen molar-refractivity contribution in [2.75, 3.05) is 0 Å². The molecule has 2 atom stereocenters. The monoisotopic (exact) mass is 400 g/mol. The molecule has 5 nitrogen and oxygen atoms in total. The fourth-order valence-electron chi connectivity index (χ4n) is 3.24. The van der Waals surface area contributed by atoms with Gasteiger partial charge >= 0.3 is 12.3 Å². The van der Waals surface area contributed by atoms with E-state index in [0.717, 1.165) is 18.6 Å². The molecule has 0 aliphatic heterocycles. The third-order valence-electron chi connectivity index (χ3n) is 4.56. The summed E-state index contributed by atoms with van der Waals surface area (Å²) in [6.07, 6.45) is -3.13. The van der Waals surface area contributed by atoms with Gasteiger partial charge in [-0.1, -0.05) is 6.92 Å². The second-order valence-electron chi connectivity index (χ2n) is 8.05. The lowest BCUT2D eigenvalue weighted by molar-refractivity contribution is -0.137. The molecule has 2 N–H and O–H groups in total. The largest absolute Gasteiger partial charge is 0.444 e. The van der Waals surface area contributed by atoms with Crippen molar-refractivity contribution in [1.29, 1.82) is 0 Å². The zero-order valence-electron chi connectivity index (χ0n) is 16.6. The van der Waals surface area contributed by atoms with Gasteiger partial charge in [0.2, 0.25) is 0 Å². The molecule has 1 aliphatic carbocycles. The van der Waals surface area contributed by atoms with Gasteiger partial charge in [-0.3, -0.25) is 4.79 Å². The Morgan fingerprint density at radius 3 is 2.43 bits per heavy atom. The Balaban J connectivity index is 2.08. The molecule has 0 heterocycles. The second-order valence-corrected chi connectivity index (χ2v) is 8.05. The van der Waals surface area contributed by atoms with Gasteiger partial charge in [0.15, 0.2) is 0 Å². The molecule has 1 aliphatic rings. The molecular formula is C20H27F3N2O3. The molecule has 2 unspecified atom stereocenters. The smallest absolute Gasteiger partial charge is 0.416 e. The van der Waals surface area contributed by atoms with Crippen molar-refractivity contribution in [3.63, 3.8) is 0 Å². The average Bonchev–Trinajstić information content (AvgIpc) is 2.98. The number of ether oxygens (including phenoxy) is 1. The first-order valence-electron chi connectivity index (χ1n) is 9.40. The number of aryl methyl sites for hydroxylation is 1. The maximum Gasteiger partial charge on any atom is 0.416 e. The molecule has 0 spiro atoms. The van der Waals surface area contributed by atoms with Gasteiger partial charge in [0.25, 0.3) is 5.91 Å². The molecule has 0 saturated heterocycles. The van der Waals surface area contributed by atoms with E-state index in [1.807, 2.05) is 20.8 Å². The molecule has 8 heteroatoms. The van der Waals surface area contributed by atoms with Crippen LogP contribution in [0.4, 0.5) is 18.0 Å². The summed E-state index contributed by atoms with van der Waals surface area (Å²) in [6, 6.07) is 2.75. The number of amides is 2. The van der Waals surface area contributed by atoms with E-state index in [1.165, 1.54) is 6.07 Å². The van der Waals surface area contributed by atoms with Crippen molar-refractivity contribution >= 4 is 12.0 Å². The van der Waals surface area contributed by atoms with Crippen molar-refractivity contribution < 1.29 is 27.5 Å². The lowest BCUT2D eigenvalue weighted by atomic mass is 10.0. The number of hydrogen-bond acceptors (Lipinski definition) is 3. The van der Waals surface area contributed by atoms with E-state index < -0.39 is 35.4 Å². The summed E-state index contributed by atoms with van der Waals surface area (Å²) >= 11 is 0.